The highest BCUT2D eigenvalue weighted by Crippen LogP contribution is 2.39. The lowest BCUT2D eigenvalue weighted by Crippen LogP contribution is -2.00. The van der Waals surface area contributed by atoms with E-state index in [2.05, 4.69) is 21.2 Å². The van der Waals surface area contributed by atoms with Crippen molar-refractivity contribution >= 4 is 44.8 Å². The number of hydrogen-bond donors (Lipinski definition) is 1. The van der Waals surface area contributed by atoms with Crippen molar-refractivity contribution in [3.05, 3.63) is 50.4 Å². The van der Waals surface area contributed by atoms with Gasteiger partial charge in [0.05, 0.1) is 10.7 Å². The minimum Gasteiger partial charge on any atom is -0.454 e. The van der Waals surface area contributed by atoms with Gasteiger partial charge in [0.15, 0.2) is 11.5 Å². The van der Waals surface area contributed by atoms with E-state index in [1.165, 1.54) is 0 Å². The number of benzene rings is 2. The van der Waals surface area contributed by atoms with Crippen LogP contribution < -0.4 is 14.8 Å². The Balaban J connectivity index is 1.78. The van der Waals surface area contributed by atoms with Crippen LogP contribution >= 0.6 is 39.1 Å². The van der Waals surface area contributed by atoms with Gasteiger partial charge < -0.3 is 14.8 Å². The summed E-state index contributed by atoms with van der Waals surface area (Å²) in [7, 11) is 0. The van der Waals surface area contributed by atoms with Crippen LogP contribution in [0.25, 0.3) is 0 Å². The quantitative estimate of drug-likeness (QED) is 0.810. The van der Waals surface area contributed by atoms with Crippen molar-refractivity contribution in [2.75, 3.05) is 12.1 Å². The predicted molar refractivity (Wildman–Crippen MR) is 84.1 cm³/mol. The van der Waals surface area contributed by atoms with E-state index >= 15 is 0 Å². The lowest BCUT2D eigenvalue weighted by molar-refractivity contribution is 0.174. The van der Waals surface area contributed by atoms with E-state index in [1.807, 2.05) is 24.3 Å². The Morgan fingerprint density at radius 1 is 1.10 bits per heavy atom. The first-order valence-corrected chi connectivity index (χ1v) is 7.45. The van der Waals surface area contributed by atoms with Gasteiger partial charge >= 0.3 is 0 Å². The van der Waals surface area contributed by atoms with Gasteiger partial charge in [0.25, 0.3) is 0 Å². The van der Waals surface area contributed by atoms with E-state index < -0.39 is 0 Å². The molecule has 0 saturated carbocycles. The summed E-state index contributed by atoms with van der Waals surface area (Å²) >= 11 is 15.6. The number of ether oxygens (including phenoxy) is 2. The summed E-state index contributed by atoms with van der Waals surface area (Å²) in [6, 6.07) is 9.27. The molecule has 1 N–H and O–H groups in total. The van der Waals surface area contributed by atoms with Crippen LogP contribution in [0.2, 0.25) is 10.0 Å². The van der Waals surface area contributed by atoms with Crippen molar-refractivity contribution < 1.29 is 9.47 Å². The van der Waals surface area contributed by atoms with Crippen molar-refractivity contribution in [2.45, 2.75) is 6.54 Å². The van der Waals surface area contributed by atoms with Gasteiger partial charge in [0.1, 0.15) is 0 Å². The number of rotatable bonds is 3. The molecule has 6 heteroatoms. The van der Waals surface area contributed by atoms with Gasteiger partial charge in [-0.15, -0.1) is 0 Å². The van der Waals surface area contributed by atoms with Crippen LogP contribution in [0.15, 0.2) is 34.8 Å². The normalized spacial score (nSPS) is 12.6. The zero-order valence-corrected chi connectivity index (χ0v) is 13.3. The van der Waals surface area contributed by atoms with E-state index in [0.29, 0.717) is 28.1 Å². The average molecular weight is 375 g/mol. The highest BCUT2D eigenvalue weighted by molar-refractivity contribution is 9.10. The van der Waals surface area contributed by atoms with Gasteiger partial charge in [0, 0.05) is 28.2 Å². The van der Waals surface area contributed by atoms with E-state index in [4.69, 9.17) is 32.7 Å². The van der Waals surface area contributed by atoms with Crippen molar-refractivity contribution in [3.63, 3.8) is 0 Å². The van der Waals surface area contributed by atoms with Crippen LogP contribution in [-0.2, 0) is 6.54 Å². The molecule has 2 aromatic carbocycles. The molecule has 0 saturated heterocycles. The number of fused-ring (bicyclic) bond motifs is 1. The Labute approximate surface area is 134 Å². The molecule has 0 unspecified atom stereocenters. The van der Waals surface area contributed by atoms with Gasteiger partial charge in [-0.25, -0.2) is 0 Å². The van der Waals surface area contributed by atoms with E-state index in [1.54, 1.807) is 6.07 Å². The molecule has 0 atom stereocenters. The van der Waals surface area contributed by atoms with Crippen LogP contribution in [0.3, 0.4) is 0 Å². The predicted octanol–water partition coefficient (Wildman–Crippen LogP) is 5.10. The van der Waals surface area contributed by atoms with Crippen molar-refractivity contribution in [1.82, 2.24) is 0 Å². The molecule has 104 valence electrons. The molecule has 0 fully saturated rings. The molecule has 0 amide bonds. The van der Waals surface area contributed by atoms with Crippen molar-refractivity contribution in [3.8, 4) is 11.5 Å². The summed E-state index contributed by atoms with van der Waals surface area (Å²) < 4.78 is 11.6. The molecule has 3 nitrogen and oxygen atoms in total. The highest BCUT2D eigenvalue weighted by atomic mass is 79.9. The molecular weight excluding hydrogens is 365 g/mol. The SMILES string of the molecule is Clc1ccc(CNc2cc3c(cc2Cl)OCO3)c(Br)c1. The summed E-state index contributed by atoms with van der Waals surface area (Å²) in [5, 5.41) is 4.57. The van der Waals surface area contributed by atoms with Gasteiger partial charge in [-0.2, -0.15) is 0 Å². The largest absolute Gasteiger partial charge is 0.454 e. The summed E-state index contributed by atoms with van der Waals surface area (Å²) in [6.45, 7) is 0.856. The van der Waals surface area contributed by atoms with Crippen LogP contribution in [0.1, 0.15) is 5.56 Å². The zero-order valence-electron chi connectivity index (χ0n) is 10.3. The summed E-state index contributed by atoms with van der Waals surface area (Å²) in [6.07, 6.45) is 0. The molecule has 3 rings (SSSR count). The van der Waals surface area contributed by atoms with Gasteiger partial charge in [-0.05, 0) is 17.7 Å². The lowest BCUT2D eigenvalue weighted by atomic mass is 10.2. The van der Waals surface area contributed by atoms with Crippen LogP contribution in [-0.4, -0.2) is 6.79 Å². The Morgan fingerprint density at radius 2 is 1.85 bits per heavy atom. The van der Waals surface area contributed by atoms with E-state index in [0.717, 1.165) is 15.7 Å². The maximum atomic E-state index is 6.21. The maximum absolute atomic E-state index is 6.21. The third-order valence-electron chi connectivity index (χ3n) is 2.95. The molecule has 0 bridgehead atoms. The maximum Gasteiger partial charge on any atom is 0.231 e. The Morgan fingerprint density at radius 3 is 2.60 bits per heavy atom. The fourth-order valence-corrected chi connectivity index (χ4v) is 2.95. The third kappa shape index (κ3) is 2.82. The molecule has 0 radical (unpaired) electrons. The average Bonchev–Trinajstić information content (AvgIpc) is 2.84. The molecule has 1 aliphatic rings. The highest BCUT2D eigenvalue weighted by Gasteiger charge is 2.16. The van der Waals surface area contributed by atoms with Gasteiger partial charge in [0.2, 0.25) is 6.79 Å². The second kappa shape index (κ2) is 5.72. The fourth-order valence-electron chi connectivity index (χ4n) is 1.91. The zero-order chi connectivity index (χ0) is 14.1. The fraction of sp³-hybridized carbons (Fsp3) is 0.143. The van der Waals surface area contributed by atoms with E-state index in [9.17, 15) is 0 Å². The first-order chi connectivity index (χ1) is 9.63. The van der Waals surface area contributed by atoms with Crippen molar-refractivity contribution in [2.24, 2.45) is 0 Å². The Kier molecular flexibility index (Phi) is 3.96. The number of halogens is 3. The topological polar surface area (TPSA) is 30.5 Å². The Hall–Kier alpha value is -1.10. The van der Waals surface area contributed by atoms with E-state index in [-0.39, 0.29) is 6.79 Å². The van der Waals surface area contributed by atoms with Gasteiger partial charge in [-0.3, -0.25) is 0 Å². The molecule has 20 heavy (non-hydrogen) atoms. The van der Waals surface area contributed by atoms with Crippen LogP contribution in [0, 0.1) is 0 Å². The molecule has 0 aromatic heterocycles. The summed E-state index contributed by atoms with van der Waals surface area (Å²) in [5.74, 6) is 1.38. The minimum absolute atomic E-state index is 0.234. The van der Waals surface area contributed by atoms with Gasteiger partial charge in [-0.1, -0.05) is 45.2 Å². The smallest absolute Gasteiger partial charge is 0.231 e. The van der Waals surface area contributed by atoms with Crippen molar-refractivity contribution in [1.29, 1.82) is 0 Å². The summed E-state index contributed by atoms with van der Waals surface area (Å²) in [5.41, 5.74) is 1.89. The summed E-state index contributed by atoms with van der Waals surface area (Å²) in [4.78, 5) is 0. The van der Waals surface area contributed by atoms with Crippen LogP contribution in [0.4, 0.5) is 5.69 Å². The first-order valence-electron chi connectivity index (χ1n) is 5.90. The Bertz CT molecular complexity index is 664. The lowest BCUT2D eigenvalue weighted by Gasteiger charge is -2.11. The molecule has 2 aromatic rings. The first kappa shape index (κ1) is 13.9. The second-order valence-electron chi connectivity index (χ2n) is 4.27. The number of hydrogen-bond acceptors (Lipinski definition) is 3. The monoisotopic (exact) mass is 373 g/mol. The third-order valence-corrected chi connectivity index (χ3v) is 4.23. The molecular formula is C14H10BrCl2NO2. The number of anilines is 1. The van der Waals surface area contributed by atoms with Crippen LogP contribution in [0.5, 0.6) is 11.5 Å². The standard InChI is InChI=1S/C14H10BrCl2NO2/c15-10-3-9(16)2-1-8(10)6-18-12-5-14-13(4-11(12)17)19-7-20-14/h1-5,18H,6-7H2. The second-order valence-corrected chi connectivity index (χ2v) is 5.97. The molecule has 1 aliphatic heterocycles. The molecule has 0 spiro atoms. The minimum atomic E-state index is 0.234. The number of nitrogens with one attached hydrogen (secondary N) is 1. The molecule has 0 aliphatic carbocycles. The molecule has 1 heterocycles.